The molecule has 2 heterocycles. The van der Waals surface area contributed by atoms with E-state index in [4.69, 9.17) is 30.5 Å². The Kier molecular flexibility index (Phi) is 6.37. The maximum Gasteiger partial charge on any atom is 0.336 e. The minimum absolute atomic E-state index is 0.126. The molecule has 0 N–H and O–H groups in total. The van der Waals surface area contributed by atoms with Crippen LogP contribution in [0.4, 0.5) is 0 Å². The van der Waals surface area contributed by atoms with E-state index in [9.17, 15) is 9.59 Å². The second-order valence-electron chi connectivity index (χ2n) is 7.31. The monoisotopic (exact) mass is 455 g/mol. The van der Waals surface area contributed by atoms with Gasteiger partial charge in [0.25, 0.3) is 0 Å². The van der Waals surface area contributed by atoms with Gasteiger partial charge >= 0.3 is 11.9 Å². The van der Waals surface area contributed by atoms with E-state index in [-0.39, 0.29) is 6.79 Å². The van der Waals surface area contributed by atoms with Crippen LogP contribution in [0.5, 0.6) is 11.5 Å². The van der Waals surface area contributed by atoms with Crippen molar-refractivity contribution in [2.45, 2.75) is 12.3 Å². The van der Waals surface area contributed by atoms with Crippen molar-refractivity contribution >= 4 is 23.5 Å². The number of methoxy groups -OCH3 is 2. The fourth-order valence-corrected chi connectivity index (χ4v) is 3.90. The highest BCUT2D eigenvalue weighted by molar-refractivity contribution is 6.30. The van der Waals surface area contributed by atoms with Crippen LogP contribution >= 0.6 is 11.6 Å². The Morgan fingerprint density at radius 3 is 2.22 bits per heavy atom. The van der Waals surface area contributed by atoms with Crippen LogP contribution in [-0.2, 0) is 25.5 Å². The molecule has 0 aliphatic carbocycles. The zero-order valence-electron chi connectivity index (χ0n) is 17.7. The maximum atomic E-state index is 12.7. The molecule has 0 aromatic heterocycles. The molecule has 8 heteroatoms. The summed E-state index contributed by atoms with van der Waals surface area (Å²) >= 11 is 5.96. The molecular weight excluding hydrogens is 434 g/mol. The van der Waals surface area contributed by atoms with E-state index >= 15 is 0 Å². The van der Waals surface area contributed by atoms with E-state index < -0.39 is 17.9 Å². The molecular formula is C24H22ClNO6. The topological polar surface area (TPSA) is 74.3 Å². The Labute approximate surface area is 190 Å². The van der Waals surface area contributed by atoms with E-state index in [1.54, 1.807) is 35.5 Å². The lowest BCUT2D eigenvalue weighted by molar-refractivity contribution is -0.137. The first-order valence-corrected chi connectivity index (χ1v) is 10.4. The van der Waals surface area contributed by atoms with Gasteiger partial charge in [-0.3, -0.25) is 0 Å². The largest absolute Gasteiger partial charge is 0.466 e. The third-order valence-electron chi connectivity index (χ3n) is 5.38. The molecule has 0 bridgehead atoms. The third-order valence-corrected chi connectivity index (χ3v) is 5.63. The quantitative estimate of drug-likeness (QED) is 0.613. The summed E-state index contributed by atoms with van der Waals surface area (Å²) in [6.45, 7) is 0.664. The first kappa shape index (κ1) is 21.8. The van der Waals surface area contributed by atoms with Gasteiger partial charge in [0.15, 0.2) is 11.5 Å². The predicted molar refractivity (Wildman–Crippen MR) is 117 cm³/mol. The van der Waals surface area contributed by atoms with Crippen LogP contribution in [0.2, 0.25) is 5.02 Å². The zero-order chi connectivity index (χ0) is 22.7. The maximum absolute atomic E-state index is 12.7. The van der Waals surface area contributed by atoms with Crippen molar-refractivity contribution in [3.8, 4) is 11.5 Å². The molecule has 32 heavy (non-hydrogen) atoms. The number of carbonyl (C=O) groups is 2. The van der Waals surface area contributed by atoms with E-state index in [0.29, 0.717) is 46.2 Å². The lowest BCUT2D eigenvalue weighted by Gasteiger charge is -2.30. The number of esters is 2. The van der Waals surface area contributed by atoms with Gasteiger partial charge in [-0.2, -0.15) is 0 Å². The Morgan fingerprint density at radius 1 is 0.969 bits per heavy atom. The molecule has 0 amide bonds. The molecule has 166 valence electrons. The third kappa shape index (κ3) is 4.43. The molecule has 2 aliphatic heterocycles. The second-order valence-corrected chi connectivity index (χ2v) is 7.75. The Morgan fingerprint density at radius 2 is 1.59 bits per heavy atom. The summed E-state index contributed by atoms with van der Waals surface area (Å²) in [5, 5.41) is 0.666. The number of ether oxygens (including phenoxy) is 4. The van der Waals surface area contributed by atoms with E-state index in [2.05, 4.69) is 0 Å². The van der Waals surface area contributed by atoms with Crippen LogP contribution < -0.4 is 9.47 Å². The van der Waals surface area contributed by atoms with Crippen molar-refractivity contribution in [3.63, 3.8) is 0 Å². The van der Waals surface area contributed by atoms with Gasteiger partial charge in [-0.15, -0.1) is 0 Å². The molecule has 0 atom stereocenters. The summed E-state index contributed by atoms with van der Waals surface area (Å²) in [6, 6.07) is 12.9. The molecule has 0 spiro atoms. The lowest BCUT2D eigenvalue weighted by atomic mass is 9.83. The number of carbonyl (C=O) groups excluding carboxylic acids is 2. The van der Waals surface area contributed by atoms with Crippen molar-refractivity contribution in [2.75, 3.05) is 27.6 Å². The van der Waals surface area contributed by atoms with Crippen molar-refractivity contribution < 1.29 is 28.5 Å². The number of hydrogen-bond donors (Lipinski definition) is 0. The van der Waals surface area contributed by atoms with Crippen LogP contribution in [-0.4, -0.2) is 44.4 Å². The summed E-state index contributed by atoms with van der Waals surface area (Å²) in [7, 11) is 2.63. The van der Waals surface area contributed by atoms with Crippen molar-refractivity contribution in [1.29, 1.82) is 0 Å². The smallest absolute Gasteiger partial charge is 0.336 e. The molecule has 2 aromatic rings. The van der Waals surface area contributed by atoms with Gasteiger partial charge in [-0.1, -0.05) is 29.8 Å². The Balaban J connectivity index is 1.69. The number of hydrogen-bond acceptors (Lipinski definition) is 7. The first-order chi connectivity index (χ1) is 15.5. The minimum Gasteiger partial charge on any atom is -0.466 e. The summed E-state index contributed by atoms with van der Waals surface area (Å²) < 4.78 is 20.9. The normalized spacial score (nSPS) is 15.2. The molecule has 2 aromatic carbocycles. The molecule has 0 unspecified atom stereocenters. The molecule has 7 nitrogen and oxygen atoms in total. The average molecular weight is 456 g/mol. The van der Waals surface area contributed by atoms with Crippen LogP contribution in [0.1, 0.15) is 17.0 Å². The average Bonchev–Trinajstić information content (AvgIpc) is 3.30. The molecule has 0 fully saturated rings. The summed E-state index contributed by atoms with van der Waals surface area (Å²) in [5.74, 6) is -0.559. The summed E-state index contributed by atoms with van der Waals surface area (Å²) in [5.41, 5.74) is 2.42. The van der Waals surface area contributed by atoms with Gasteiger partial charge in [0.2, 0.25) is 6.79 Å². The van der Waals surface area contributed by atoms with Crippen LogP contribution in [0.25, 0.3) is 0 Å². The molecule has 0 saturated heterocycles. The molecule has 0 radical (unpaired) electrons. The zero-order valence-corrected chi connectivity index (χ0v) is 18.4. The highest BCUT2D eigenvalue weighted by atomic mass is 35.5. The van der Waals surface area contributed by atoms with E-state index in [1.165, 1.54) is 14.2 Å². The first-order valence-electron chi connectivity index (χ1n) is 10.00. The van der Waals surface area contributed by atoms with Gasteiger partial charge in [0.05, 0.1) is 31.3 Å². The number of halogens is 1. The minimum atomic E-state index is -0.670. The lowest BCUT2D eigenvalue weighted by Crippen LogP contribution is -2.29. The molecule has 4 rings (SSSR count). The molecule has 2 aliphatic rings. The highest BCUT2D eigenvalue weighted by Crippen LogP contribution is 2.41. The standard InChI is InChI=1S/C24H22ClNO6/c1-29-23(27)18-12-26(10-9-15-3-6-17(25)7-4-15)13-19(24(28)30-2)22(18)16-5-8-20-21(11-16)32-14-31-20/h3-8,11-13,22H,9-10,14H2,1-2H3. The van der Waals surface area contributed by atoms with Gasteiger partial charge in [0, 0.05) is 24.0 Å². The Bertz CT molecular complexity index is 1060. The SMILES string of the molecule is COC(=O)C1=CN(CCc2ccc(Cl)cc2)C=C(C(=O)OC)C1c1ccc2c(c1)OCO2. The van der Waals surface area contributed by atoms with E-state index in [1.807, 2.05) is 24.3 Å². The van der Waals surface area contributed by atoms with Gasteiger partial charge in [0.1, 0.15) is 0 Å². The fourth-order valence-electron chi connectivity index (χ4n) is 3.78. The van der Waals surface area contributed by atoms with Crippen LogP contribution in [0, 0.1) is 0 Å². The fraction of sp³-hybridized carbons (Fsp3) is 0.250. The van der Waals surface area contributed by atoms with Gasteiger partial charge in [-0.25, -0.2) is 9.59 Å². The van der Waals surface area contributed by atoms with Crippen molar-refractivity contribution in [3.05, 3.63) is 82.2 Å². The molecule has 0 saturated carbocycles. The highest BCUT2D eigenvalue weighted by Gasteiger charge is 2.36. The van der Waals surface area contributed by atoms with Crippen molar-refractivity contribution in [1.82, 2.24) is 4.90 Å². The number of benzene rings is 2. The number of fused-ring (bicyclic) bond motifs is 1. The predicted octanol–water partition coefficient (Wildman–Crippen LogP) is 3.82. The second kappa shape index (κ2) is 9.36. The van der Waals surface area contributed by atoms with E-state index in [0.717, 1.165) is 5.56 Å². The van der Waals surface area contributed by atoms with Crippen molar-refractivity contribution in [2.24, 2.45) is 0 Å². The van der Waals surface area contributed by atoms with Crippen LogP contribution in [0.3, 0.4) is 0 Å². The Hall–Kier alpha value is -3.45. The summed E-state index contributed by atoms with van der Waals surface area (Å²) in [6.07, 6.45) is 4.11. The van der Waals surface area contributed by atoms with Gasteiger partial charge in [-0.05, 0) is 41.8 Å². The summed E-state index contributed by atoms with van der Waals surface area (Å²) in [4.78, 5) is 27.3. The van der Waals surface area contributed by atoms with Crippen LogP contribution in [0.15, 0.2) is 66.0 Å². The van der Waals surface area contributed by atoms with Gasteiger partial charge < -0.3 is 23.8 Å². The number of nitrogens with zero attached hydrogens (tertiary/aromatic N) is 1. The number of rotatable bonds is 6.